The molecule has 1 fully saturated rings. The third-order valence-corrected chi connectivity index (χ3v) is 4.22. The third-order valence-electron chi connectivity index (χ3n) is 3.48. The van der Waals surface area contributed by atoms with E-state index < -0.39 is 0 Å². The topological polar surface area (TPSA) is 29.1 Å². The molecule has 1 N–H and O–H groups in total. The lowest BCUT2D eigenvalue weighted by atomic mass is 9.73. The number of halogens is 2. The molecule has 1 aliphatic rings. The van der Waals surface area contributed by atoms with Gasteiger partial charge in [-0.3, -0.25) is 0 Å². The highest BCUT2D eigenvalue weighted by Crippen LogP contribution is 2.36. The van der Waals surface area contributed by atoms with E-state index in [1.54, 1.807) is 6.07 Å². The van der Waals surface area contributed by atoms with Crippen molar-refractivity contribution in [3.05, 3.63) is 33.8 Å². The van der Waals surface area contributed by atoms with E-state index in [1.807, 2.05) is 12.1 Å². The Kier molecular flexibility index (Phi) is 4.08. The second-order valence-electron chi connectivity index (χ2n) is 4.56. The van der Waals surface area contributed by atoms with E-state index in [2.05, 4.69) is 5.32 Å². The zero-order chi connectivity index (χ0) is 12.3. The zero-order valence-electron chi connectivity index (χ0n) is 9.51. The van der Waals surface area contributed by atoms with Gasteiger partial charge in [-0.2, -0.15) is 0 Å². The molecular formula is C13H15Cl2NO. The number of carbonyl (C=O) groups is 1. The van der Waals surface area contributed by atoms with Gasteiger partial charge in [-0.1, -0.05) is 29.3 Å². The van der Waals surface area contributed by atoms with E-state index in [9.17, 15) is 4.79 Å². The van der Waals surface area contributed by atoms with Gasteiger partial charge in [0, 0.05) is 18.4 Å². The SMILES string of the molecule is O=CCC1(c2ccc(Cl)c(Cl)c2)CCCNC1. The van der Waals surface area contributed by atoms with Gasteiger partial charge in [0.2, 0.25) is 0 Å². The van der Waals surface area contributed by atoms with Crippen LogP contribution in [0, 0.1) is 0 Å². The second kappa shape index (κ2) is 5.38. The molecule has 2 rings (SSSR count). The van der Waals surface area contributed by atoms with E-state index in [0.29, 0.717) is 16.5 Å². The normalized spacial score (nSPS) is 24.6. The van der Waals surface area contributed by atoms with Crippen molar-refractivity contribution in [3.8, 4) is 0 Å². The van der Waals surface area contributed by atoms with Crippen molar-refractivity contribution in [2.24, 2.45) is 0 Å². The summed E-state index contributed by atoms with van der Waals surface area (Å²) in [5, 5.41) is 4.47. The van der Waals surface area contributed by atoms with Gasteiger partial charge in [-0.25, -0.2) is 0 Å². The van der Waals surface area contributed by atoms with Crippen LogP contribution in [0.4, 0.5) is 0 Å². The zero-order valence-corrected chi connectivity index (χ0v) is 11.0. The molecule has 92 valence electrons. The number of hydrogen-bond acceptors (Lipinski definition) is 2. The van der Waals surface area contributed by atoms with Gasteiger partial charge in [0.1, 0.15) is 6.29 Å². The molecule has 4 heteroatoms. The van der Waals surface area contributed by atoms with Gasteiger partial charge in [0.25, 0.3) is 0 Å². The number of aldehydes is 1. The molecule has 2 nitrogen and oxygen atoms in total. The maximum absolute atomic E-state index is 10.9. The van der Waals surface area contributed by atoms with Crippen LogP contribution in [-0.2, 0) is 10.2 Å². The fraction of sp³-hybridized carbons (Fsp3) is 0.462. The fourth-order valence-electron chi connectivity index (χ4n) is 2.49. The minimum absolute atomic E-state index is 0.117. The first-order valence-electron chi connectivity index (χ1n) is 5.78. The molecule has 1 aromatic carbocycles. The lowest BCUT2D eigenvalue weighted by Gasteiger charge is -2.37. The van der Waals surface area contributed by atoms with Gasteiger partial charge in [-0.05, 0) is 37.1 Å². The summed E-state index contributed by atoms with van der Waals surface area (Å²) in [6.07, 6.45) is 3.61. The molecule has 1 atom stereocenters. The molecule has 1 aliphatic heterocycles. The van der Waals surface area contributed by atoms with E-state index >= 15 is 0 Å². The van der Waals surface area contributed by atoms with Crippen molar-refractivity contribution in [1.29, 1.82) is 0 Å². The molecule has 0 aliphatic carbocycles. The molecule has 1 saturated heterocycles. The molecule has 0 radical (unpaired) electrons. The van der Waals surface area contributed by atoms with Crippen LogP contribution < -0.4 is 5.32 Å². The highest BCUT2D eigenvalue weighted by Gasteiger charge is 2.33. The summed E-state index contributed by atoms with van der Waals surface area (Å²) < 4.78 is 0. The molecule has 1 heterocycles. The van der Waals surface area contributed by atoms with Crippen molar-refractivity contribution in [2.45, 2.75) is 24.7 Å². The first-order chi connectivity index (χ1) is 8.18. The molecule has 17 heavy (non-hydrogen) atoms. The Bertz CT molecular complexity index is 414. The minimum Gasteiger partial charge on any atom is -0.316 e. The molecular weight excluding hydrogens is 257 g/mol. The Hall–Kier alpha value is -0.570. The quantitative estimate of drug-likeness (QED) is 0.856. The number of piperidine rings is 1. The number of nitrogens with one attached hydrogen (secondary N) is 1. The van der Waals surface area contributed by atoms with Crippen LogP contribution in [0.15, 0.2) is 18.2 Å². The second-order valence-corrected chi connectivity index (χ2v) is 5.37. The van der Waals surface area contributed by atoms with Gasteiger partial charge >= 0.3 is 0 Å². The van der Waals surface area contributed by atoms with Crippen molar-refractivity contribution < 1.29 is 4.79 Å². The van der Waals surface area contributed by atoms with Crippen molar-refractivity contribution in [2.75, 3.05) is 13.1 Å². The predicted molar refractivity (Wildman–Crippen MR) is 70.9 cm³/mol. The maximum Gasteiger partial charge on any atom is 0.120 e. The van der Waals surface area contributed by atoms with Crippen LogP contribution in [0.2, 0.25) is 10.0 Å². The molecule has 0 spiro atoms. The minimum atomic E-state index is -0.117. The predicted octanol–water partition coefficient (Wildman–Crippen LogP) is 3.20. The van der Waals surface area contributed by atoms with Gasteiger partial charge in [-0.15, -0.1) is 0 Å². The monoisotopic (exact) mass is 271 g/mol. The van der Waals surface area contributed by atoms with E-state index in [1.165, 1.54) is 0 Å². The van der Waals surface area contributed by atoms with Gasteiger partial charge in [0.15, 0.2) is 0 Å². The molecule has 1 aromatic rings. The summed E-state index contributed by atoms with van der Waals surface area (Å²) in [7, 11) is 0. The summed E-state index contributed by atoms with van der Waals surface area (Å²) >= 11 is 12.0. The van der Waals surface area contributed by atoms with Crippen molar-refractivity contribution in [1.82, 2.24) is 5.32 Å². The van der Waals surface area contributed by atoms with Crippen LogP contribution in [0.25, 0.3) is 0 Å². The van der Waals surface area contributed by atoms with Crippen molar-refractivity contribution >= 4 is 29.5 Å². The van der Waals surface area contributed by atoms with Crippen LogP contribution in [0.3, 0.4) is 0 Å². The van der Waals surface area contributed by atoms with E-state index in [0.717, 1.165) is 37.8 Å². The lowest BCUT2D eigenvalue weighted by Crippen LogP contribution is -2.43. The average molecular weight is 272 g/mol. The maximum atomic E-state index is 10.9. The molecule has 0 saturated carbocycles. The number of benzene rings is 1. The van der Waals surface area contributed by atoms with Crippen LogP contribution >= 0.6 is 23.2 Å². The number of carbonyl (C=O) groups excluding carboxylic acids is 1. The molecule has 0 aromatic heterocycles. The number of hydrogen-bond donors (Lipinski definition) is 1. The van der Waals surface area contributed by atoms with Crippen LogP contribution in [0.5, 0.6) is 0 Å². The standard InChI is InChI=1S/C13H15Cl2NO/c14-11-3-2-10(8-12(11)15)13(5-7-17)4-1-6-16-9-13/h2-3,7-8,16H,1,4-6,9H2. The van der Waals surface area contributed by atoms with Gasteiger partial charge < -0.3 is 10.1 Å². The highest BCUT2D eigenvalue weighted by molar-refractivity contribution is 6.42. The van der Waals surface area contributed by atoms with E-state index in [-0.39, 0.29) is 5.41 Å². The Labute approximate surface area is 111 Å². The largest absolute Gasteiger partial charge is 0.316 e. The molecule has 0 amide bonds. The molecule has 0 bridgehead atoms. The Balaban J connectivity index is 2.37. The van der Waals surface area contributed by atoms with Gasteiger partial charge in [0.05, 0.1) is 10.0 Å². The fourth-order valence-corrected chi connectivity index (χ4v) is 2.79. The summed E-state index contributed by atoms with van der Waals surface area (Å²) in [5.74, 6) is 0. The number of rotatable bonds is 3. The Morgan fingerprint density at radius 2 is 2.18 bits per heavy atom. The smallest absolute Gasteiger partial charge is 0.120 e. The summed E-state index contributed by atoms with van der Waals surface area (Å²) in [5.41, 5.74) is 0.986. The Morgan fingerprint density at radius 3 is 2.76 bits per heavy atom. The first kappa shape index (κ1) is 12.9. The summed E-state index contributed by atoms with van der Waals surface area (Å²) in [6, 6.07) is 5.67. The third kappa shape index (κ3) is 2.65. The molecule has 1 unspecified atom stereocenters. The van der Waals surface area contributed by atoms with Crippen LogP contribution in [0.1, 0.15) is 24.8 Å². The van der Waals surface area contributed by atoms with Crippen molar-refractivity contribution in [3.63, 3.8) is 0 Å². The highest BCUT2D eigenvalue weighted by atomic mass is 35.5. The lowest BCUT2D eigenvalue weighted by molar-refractivity contribution is -0.109. The Morgan fingerprint density at radius 1 is 1.35 bits per heavy atom. The summed E-state index contributed by atoms with van der Waals surface area (Å²) in [4.78, 5) is 10.9. The first-order valence-corrected chi connectivity index (χ1v) is 6.53. The summed E-state index contributed by atoms with van der Waals surface area (Å²) in [6.45, 7) is 1.84. The van der Waals surface area contributed by atoms with Crippen LogP contribution in [-0.4, -0.2) is 19.4 Å². The van der Waals surface area contributed by atoms with E-state index in [4.69, 9.17) is 23.2 Å². The average Bonchev–Trinajstić information content (AvgIpc) is 2.34.